The number of para-hydroxylation sites is 1. The van der Waals surface area contributed by atoms with Crippen molar-refractivity contribution in [2.75, 3.05) is 13.1 Å². The van der Waals surface area contributed by atoms with Gasteiger partial charge in [0.1, 0.15) is 11.8 Å². The van der Waals surface area contributed by atoms with Crippen molar-refractivity contribution in [1.82, 2.24) is 4.90 Å². The predicted octanol–water partition coefficient (Wildman–Crippen LogP) is 1.65. The molecule has 0 saturated carbocycles. The maximum Gasteiger partial charge on any atom is 0.311 e. The number of aliphatic carboxylic acids is 1. The van der Waals surface area contributed by atoms with Gasteiger partial charge < -0.3 is 14.7 Å². The Hall–Kier alpha value is -2.55. The quantitative estimate of drug-likeness (QED) is 0.913. The maximum atomic E-state index is 12.4. The fourth-order valence-corrected chi connectivity index (χ4v) is 2.48. The van der Waals surface area contributed by atoms with Gasteiger partial charge in [-0.3, -0.25) is 9.59 Å². The Morgan fingerprint density at radius 3 is 2.73 bits per heavy atom. The van der Waals surface area contributed by atoms with E-state index in [2.05, 4.69) is 0 Å². The molecule has 1 aromatic carbocycles. The van der Waals surface area contributed by atoms with Crippen molar-refractivity contribution in [2.24, 2.45) is 5.41 Å². The minimum absolute atomic E-state index is 0.175. The zero-order chi connectivity index (χ0) is 16.3. The average Bonchev–Trinajstić information content (AvgIpc) is 2.91. The number of carbonyl (C=O) groups is 2. The first-order valence-electron chi connectivity index (χ1n) is 7.05. The highest BCUT2D eigenvalue weighted by molar-refractivity contribution is 5.83. The Kier molecular flexibility index (Phi) is 4.36. The summed E-state index contributed by atoms with van der Waals surface area (Å²) in [5.74, 6) is -0.810. The highest BCUT2D eigenvalue weighted by Gasteiger charge is 2.43. The van der Waals surface area contributed by atoms with Gasteiger partial charge in [-0.2, -0.15) is 5.26 Å². The molecule has 0 unspecified atom stereocenters. The number of hydrogen-bond donors (Lipinski definition) is 1. The number of carbonyl (C=O) groups excluding carboxylic acids is 1. The van der Waals surface area contributed by atoms with Crippen molar-refractivity contribution in [3.63, 3.8) is 0 Å². The number of nitrogens with zero attached hydrogens (tertiary/aromatic N) is 2. The summed E-state index contributed by atoms with van der Waals surface area (Å²) in [5, 5.41) is 18.2. The summed E-state index contributed by atoms with van der Waals surface area (Å²) in [4.78, 5) is 25.1. The smallest absolute Gasteiger partial charge is 0.311 e. The highest BCUT2D eigenvalue weighted by Crippen LogP contribution is 2.30. The average molecular weight is 302 g/mol. The molecular weight excluding hydrogens is 284 g/mol. The molecule has 0 aromatic heterocycles. The molecule has 6 nitrogen and oxygen atoms in total. The molecule has 2 atom stereocenters. The van der Waals surface area contributed by atoms with Crippen LogP contribution in [0.3, 0.4) is 0 Å². The molecule has 0 bridgehead atoms. The van der Waals surface area contributed by atoms with Gasteiger partial charge in [-0.05, 0) is 32.4 Å². The Morgan fingerprint density at radius 1 is 1.45 bits per heavy atom. The summed E-state index contributed by atoms with van der Waals surface area (Å²) in [6.07, 6.45) is -0.346. The molecule has 22 heavy (non-hydrogen) atoms. The summed E-state index contributed by atoms with van der Waals surface area (Å²) in [5.41, 5.74) is -0.543. The molecule has 1 saturated heterocycles. The largest absolute Gasteiger partial charge is 0.481 e. The zero-order valence-corrected chi connectivity index (χ0v) is 12.6. The SMILES string of the molecule is C[C@H](Oc1ccccc1C#N)C(=O)N1CC[C@@](C)(C(=O)O)C1. The summed E-state index contributed by atoms with van der Waals surface area (Å²) < 4.78 is 5.58. The maximum absolute atomic E-state index is 12.4. The second-order valence-corrected chi connectivity index (χ2v) is 5.74. The number of rotatable bonds is 4. The second-order valence-electron chi connectivity index (χ2n) is 5.74. The topological polar surface area (TPSA) is 90.6 Å². The number of hydrogen-bond acceptors (Lipinski definition) is 4. The van der Waals surface area contributed by atoms with Gasteiger partial charge in [0.25, 0.3) is 5.91 Å². The third-order valence-corrected chi connectivity index (χ3v) is 3.96. The molecule has 1 fully saturated rings. The molecule has 2 rings (SSSR count). The molecule has 1 N–H and O–H groups in total. The van der Waals surface area contributed by atoms with E-state index in [9.17, 15) is 14.7 Å². The van der Waals surface area contributed by atoms with Crippen LogP contribution in [0, 0.1) is 16.7 Å². The summed E-state index contributed by atoms with van der Waals surface area (Å²) in [6, 6.07) is 8.70. The van der Waals surface area contributed by atoms with Crippen LogP contribution >= 0.6 is 0 Å². The van der Waals surface area contributed by atoms with Crippen molar-refractivity contribution in [2.45, 2.75) is 26.4 Å². The molecule has 0 aliphatic carbocycles. The third kappa shape index (κ3) is 3.03. The lowest BCUT2D eigenvalue weighted by Gasteiger charge is -2.23. The van der Waals surface area contributed by atoms with Crippen LogP contribution in [-0.4, -0.2) is 41.1 Å². The van der Waals surface area contributed by atoms with Crippen LogP contribution in [0.25, 0.3) is 0 Å². The van der Waals surface area contributed by atoms with Crippen LogP contribution in [0.15, 0.2) is 24.3 Å². The minimum atomic E-state index is -0.903. The van der Waals surface area contributed by atoms with Gasteiger partial charge in [0.05, 0.1) is 11.0 Å². The molecule has 1 aliphatic rings. The van der Waals surface area contributed by atoms with E-state index in [1.807, 2.05) is 6.07 Å². The van der Waals surface area contributed by atoms with Gasteiger partial charge in [-0.25, -0.2) is 0 Å². The number of amides is 1. The van der Waals surface area contributed by atoms with Gasteiger partial charge in [0, 0.05) is 13.1 Å². The van der Waals surface area contributed by atoms with E-state index in [-0.39, 0.29) is 12.5 Å². The molecule has 0 radical (unpaired) electrons. The van der Waals surface area contributed by atoms with Crippen molar-refractivity contribution in [3.8, 4) is 11.8 Å². The summed E-state index contributed by atoms with van der Waals surface area (Å²) in [6.45, 7) is 3.82. The predicted molar refractivity (Wildman–Crippen MR) is 78.2 cm³/mol. The first-order valence-corrected chi connectivity index (χ1v) is 7.05. The standard InChI is InChI=1S/C16H18N2O4/c1-11(22-13-6-4-3-5-12(13)9-17)14(19)18-8-7-16(2,10-18)15(20)21/h3-6,11H,7-8,10H2,1-2H3,(H,20,21)/t11-,16+/m0/s1. The lowest BCUT2D eigenvalue weighted by molar-refractivity contribution is -0.147. The second kappa shape index (κ2) is 6.06. The Bertz CT molecular complexity index is 637. The van der Waals surface area contributed by atoms with Gasteiger partial charge in [0.15, 0.2) is 6.10 Å². The lowest BCUT2D eigenvalue weighted by Crippen LogP contribution is -2.41. The molecule has 1 aromatic rings. The third-order valence-electron chi connectivity index (χ3n) is 3.96. The monoisotopic (exact) mass is 302 g/mol. The number of ether oxygens (including phenoxy) is 1. The molecule has 0 spiro atoms. The summed E-state index contributed by atoms with van der Waals surface area (Å²) in [7, 11) is 0. The molecule has 116 valence electrons. The highest BCUT2D eigenvalue weighted by atomic mass is 16.5. The number of carboxylic acid groups (broad SMARTS) is 1. The Labute approximate surface area is 128 Å². The number of nitriles is 1. The van der Waals surface area contributed by atoms with Crippen LogP contribution in [0.4, 0.5) is 0 Å². The first-order chi connectivity index (χ1) is 10.4. The van der Waals surface area contributed by atoms with E-state index in [1.54, 1.807) is 38.1 Å². The van der Waals surface area contributed by atoms with Gasteiger partial charge in [0.2, 0.25) is 0 Å². The number of carboxylic acids is 1. The van der Waals surface area contributed by atoms with Crippen molar-refractivity contribution >= 4 is 11.9 Å². The first kappa shape index (κ1) is 15.8. The molecule has 1 amide bonds. The van der Waals surface area contributed by atoms with Crippen LogP contribution < -0.4 is 4.74 Å². The van der Waals surface area contributed by atoms with Crippen molar-refractivity contribution in [3.05, 3.63) is 29.8 Å². The molecular formula is C16H18N2O4. The van der Waals surface area contributed by atoms with E-state index in [1.165, 1.54) is 4.90 Å². The van der Waals surface area contributed by atoms with Crippen LogP contribution in [-0.2, 0) is 9.59 Å². The molecule has 6 heteroatoms. The number of likely N-dealkylation sites (tertiary alicyclic amines) is 1. The van der Waals surface area contributed by atoms with Crippen LogP contribution in [0.1, 0.15) is 25.8 Å². The molecule has 1 heterocycles. The minimum Gasteiger partial charge on any atom is -0.481 e. The van der Waals surface area contributed by atoms with E-state index < -0.39 is 17.5 Å². The lowest BCUT2D eigenvalue weighted by atomic mass is 9.90. The Balaban J connectivity index is 2.05. The normalized spacial score (nSPS) is 22.0. The zero-order valence-electron chi connectivity index (χ0n) is 12.6. The van der Waals surface area contributed by atoms with E-state index >= 15 is 0 Å². The van der Waals surface area contributed by atoms with Crippen molar-refractivity contribution in [1.29, 1.82) is 5.26 Å². The van der Waals surface area contributed by atoms with Gasteiger partial charge >= 0.3 is 5.97 Å². The summed E-state index contributed by atoms with van der Waals surface area (Å²) >= 11 is 0. The van der Waals surface area contributed by atoms with E-state index in [4.69, 9.17) is 10.00 Å². The van der Waals surface area contributed by atoms with E-state index in [0.29, 0.717) is 24.3 Å². The fraction of sp³-hybridized carbons (Fsp3) is 0.438. The Morgan fingerprint density at radius 2 is 2.14 bits per heavy atom. The van der Waals surface area contributed by atoms with Crippen LogP contribution in [0.5, 0.6) is 5.75 Å². The fourth-order valence-electron chi connectivity index (χ4n) is 2.48. The number of benzene rings is 1. The van der Waals surface area contributed by atoms with Gasteiger partial charge in [-0.1, -0.05) is 12.1 Å². The van der Waals surface area contributed by atoms with E-state index in [0.717, 1.165) is 0 Å². The van der Waals surface area contributed by atoms with Crippen molar-refractivity contribution < 1.29 is 19.4 Å². The van der Waals surface area contributed by atoms with Crippen LogP contribution in [0.2, 0.25) is 0 Å². The van der Waals surface area contributed by atoms with Gasteiger partial charge in [-0.15, -0.1) is 0 Å². The molecule has 1 aliphatic heterocycles.